The summed E-state index contributed by atoms with van der Waals surface area (Å²) in [5, 5.41) is 26.3. The zero-order chi connectivity index (χ0) is 20.6. The molecule has 0 spiro atoms. The van der Waals surface area contributed by atoms with Crippen molar-refractivity contribution in [1.29, 1.82) is 0 Å². The maximum absolute atomic E-state index is 12.8. The molecule has 0 radical (unpaired) electrons. The fraction of sp³-hybridized carbons (Fsp3) is 0.458. The van der Waals surface area contributed by atoms with Crippen molar-refractivity contribution < 1.29 is 15.0 Å². The van der Waals surface area contributed by atoms with E-state index in [0.717, 1.165) is 32.2 Å². The third-order valence-electron chi connectivity index (χ3n) is 5.84. The molecular formula is C24H32N2O3. The number of aliphatic hydroxyl groups is 2. The molecule has 4 N–H and O–H groups in total. The van der Waals surface area contributed by atoms with E-state index in [4.69, 9.17) is 0 Å². The monoisotopic (exact) mass is 396 g/mol. The van der Waals surface area contributed by atoms with E-state index in [1.807, 2.05) is 18.2 Å². The summed E-state index contributed by atoms with van der Waals surface area (Å²) in [7, 11) is 0. The van der Waals surface area contributed by atoms with Gasteiger partial charge in [0.1, 0.15) is 6.10 Å². The van der Waals surface area contributed by atoms with Crippen LogP contribution in [0.5, 0.6) is 0 Å². The van der Waals surface area contributed by atoms with Gasteiger partial charge < -0.3 is 20.8 Å². The van der Waals surface area contributed by atoms with E-state index in [9.17, 15) is 15.0 Å². The standard InChI is InChI=1S/C24H32N2O3/c1-17-7-9-18(10-8-17)11-12-19-13-14-25-21(15-19)24(29)26-22(16-27)23(28)20-5-3-2-4-6-20/h2-10,19,21-23,25,27-28H,11-16H2,1H3,(H,26,29)/t19?,21?,22-,23-/m0/s1. The van der Waals surface area contributed by atoms with Crippen LogP contribution in [0.4, 0.5) is 0 Å². The molecule has 29 heavy (non-hydrogen) atoms. The molecule has 1 fully saturated rings. The van der Waals surface area contributed by atoms with Gasteiger partial charge in [-0.25, -0.2) is 0 Å². The van der Waals surface area contributed by atoms with Crippen LogP contribution in [0.1, 0.15) is 42.1 Å². The molecule has 2 aromatic carbocycles. The number of hydrogen-bond acceptors (Lipinski definition) is 4. The fourth-order valence-corrected chi connectivity index (χ4v) is 3.97. The SMILES string of the molecule is Cc1ccc(CCC2CCNC(C(=O)N[C@@H](CO)[C@@H](O)c3ccccc3)C2)cc1. The summed E-state index contributed by atoms with van der Waals surface area (Å²) in [6.45, 7) is 2.58. The lowest BCUT2D eigenvalue weighted by molar-refractivity contribution is -0.126. The van der Waals surface area contributed by atoms with Gasteiger partial charge in [-0.15, -0.1) is 0 Å². The van der Waals surface area contributed by atoms with Crippen molar-refractivity contribution in [3.63, 3.8) is 0 Å². The second-order valence-corrected chi connectivity index (χ2v) is 8.07. The summed E-state index contributed by atoms with van der Waals surface area (Å²) < 4.78 is 0. The predicted octanol–water partition coefficient (Wildman–Crippen LogP) is 2.51. The Labute approximate surface area is 173 Å². The molecule has 1 aliphatic rings. The Morgan fingerprint density at radius 2 is 1.90 bits per heavy atom. The maximum Gasteiger partial charge on any atom is 0.237 e. The van der Waals surface area contributed by atoms with E-state index in [2.05, 4.69) is 41.8 Å². The van der Waals surface area contributed by atoms with Crippen LogP contribution in [0.15, 0.2) is 54.6 Å². The summed E-state index contributed by atoms with van der Waals surface area (Å²) in [6.07, 6.45) is 2.98. The van der Waals surface area contributed by atoms with Crippen molar-refractivity contribution >= 4 is 5.91 Å². The summed E-state index contributed by atoms with van der Waals surface area (Å²) >= 11 is 0. The van der Waals surface area contributed by atoms with Crippen molar-refractivity contribution in [2.24, 2.45) is 5.92 Å². The molecule has 0 bridgehead atoms. The molecule has 1 saturated heterocycles. The van der Waals surface area contributed by atoms with Crippen molar-refractivity contribution in [2.75, 3.05) is 13.2 Å². The van der Waals surface area contributed by atoms with Crippen molar-refractivity contribution in [2.45, 2.75) is 50.8 Å². The van der Waals surface area contributed by atoms with E-state index in [-0.39, 0.29) is 18.6 Å². The average molecular weight is 397 g/mol. The maximum atomic E-state index is 12.8. The molecule has 0 aliphatic carbocycles. The minimum absolute atomic E-state index is 0.154. The summed E-state index contributed by atoms with van der Waals surface area (Å²) in [5.41, 5.74) is 3.28. The Kier molecular flexibility index (Phi) is 7.81. The molecule has 5 heteroatoms. The van der Waals surface area contributed by atoms with Gasteiger partial charge in [0.15, 0.2) is 0 Å². The highest BCUT2D eigenvalue weighted by atomic mass is 16.3. The first-order valence-electron chi connectivity index (χ1n) is 10.5. The lowest BCUT2D eigenvalue weighted by Crippen LogP contribution is -2.53. The quantitative estimate of drug-likeness (QED) is 0.553. The Morgan fingerprint density at radius 1 is 1.17 bits per heavy atom. The normalized spacial score (nSPS) is 21.3. The van der Waals surface area contributed by atoms with Crippen LogP contribution >= 0.6 is 0 Å². The third-order valence-corrected chi connectivity index (χ3v) is 5.84. The van der Waals surface area contributed by atoms with Crippen LogP contribution in [0.3, 0.4) is 0 Å². The Balaban J connectivity index is 1.52. The highest BCUT2D eigenvalue weighted by Gasteiger charge is 2.30. The molecule has 2 unspecified atom stereocenters. The van der Waals surface area contributed by atoms with Crippen molar-refractivity contribution in [3.05, 3.63) is 71.3 Å². The van der Waals surface area contributed by atoms with E-state index in [1.54, 1.807) is 12.1 Å². The molecule has 1 amide bonds. The third kappa shape index (κ3) is 6.13. The van der Waals surface area contributed by atoms with Gasteiger partial charge >= 0.3 is 0 Å². The minimum atomic E-state index is -0.939. The summed E-state index contributed by atoms with van der Waals surface area (Å²) in [6, 6.07) is 16.7. The smallest absolute Gasteiger partial charge is 0.237 e. The Morgan fingerprint density at radius 3 is 2.59 bits per heavy atom. The number of carbonyl (C=O) groups is 1. The van der Waals surface area contributed by atoms with E-state index < -0.39 is 12.1 Å². The summed E-state index contributed by atoms with van der Waals surface area (Å²) in [5.74, 6) is 0.332. The van der Waals surface area contributed by atoms with Crippen LogP contribution in [0.25, 0.3) is 0 Å². The Bertz CT molecular complexity index is 763. The van der Waals surface area contributed by atoms with Gasteiger partial charge in [0.05, 0.1) is 18.7 Å². The first-order valence-corrected chi connectivity index (χ1v) is 10.5. The Hall–Kier alpha value is -2.21. The van der Waals surface area contributed by atoms with Gasteiger partial charge in [0.25, 0.3) is 0 Å². The number of carbonyl (C=O) groups excluding carboxylic acids is 1. The summed E-state index contributed by atoms with van der Waals surface area (Å²) in [4.78, 5) is 12.8. The van der Waals surface area contributed by atoms with Gasteiger partial charge in [-0.1, -0.05) is 60.2 Å². The van der Waals surface area contributed by atoms with Crippen LogP contribution in [-0.2, 0) is 11.2 Å². The molecule has 4 atom stereocenters. The van der Waals surface area contributed by atoms with Gasteiger partial charge in [-0.3, -0.25) is 4.79 Å². The number of rotatable bonds is 8. The van der Waals surface area contributed by atoms with E-state index in [1.165, 1.54) is 11.1 Å². The van der Waals surface area contributed by atoms with Crippen LogP contribution in [0.2, 0.25) is 0 Å². The van der Waals surface area contributed by atoms with Crippen LogP contribution in [0, 0.1) is 12.8 Å². The lowest BCUT2D eigenvalue weighted by atomic mass is 9.87. The second kappa shape index (κ2) is 10.5. The number of piperidine rings is 1. The number of aryl methyl sites for hydroxylation is 2. The zero-order valence-electron chi connectivity index (χ0n) is 17.1. The van der Waals surface area contributed by atoms with Gasteiger partial charge in [0, 0.05) is 0 Å². The first kappa shape index (κ1) is 21.5. The van der Waals surface area contributed by atoms with Gasteiger partial charge in [-0.2, -0.15) is 0 Å². The molecule has 1 heterocycles. The molecule has 156 valence electrons. The van der Waals surface area contributed by atoms with E-state index in [0.29, 0.717) is 11.5 Å². The molecular weight excluding hydrogens is 364 g/mol. The first-order chi connectivity index (χ1) is 14.1. The molecule has 5 nitrogen and oxygen atoms in total. The largest absolute Gasteiger partial charge is 0.394 e. The molecule has 1 aliphatic heterocycles. The fourth-order valence-electron chi connectivity index (χ4n) is 3.97. The number of amides is 1. The number of hydrogen-bond donors (Lipinski definition) is 4. The minimum Gasteiger partial charge on any atom is -0.394 e. The highest BCUT2D eigenvalue weighted by molar-refractivity contribution is 5.82. The van der Waals surface area contributed by atoms with E-state index >= 15 is 0 Å². The molecule has 3 rings (SSSR count). The number of benzene rings is 2. The van der Waals surface area contributed by atoms with Crippen molar-refractivity contribution in [1.82, 2.24) is 10.6 Å². The molecule has 0 aromatic heterocycles. The predicted molar refractivity (Wildman–Crippen MR) is 114 cm³/mol. The van der Waals surface area contributed by atoms with Gasteiger partial charge in [0.2, 0.25) is 5.91 Å². The average Bonchev–Trinajstić information content (AvgIpc) is 2.77. The second-order valence-electron chi connectivity index (χ2n) is 8.07. The van der Waals surface area contributed by atoms with Gasteiger partial charge in [-0.05, 0) is 56.2 Å². The topological polar surface area (TPSA) is 81.6 Å². The molecule has 0 saturated carbocycles. The number of aliphatic hydroxyl groups excluding tert-OH is 2. The zero-order valence-corrected chi connectivity index (χ0v) is 17.1. The highest BCUT2D eigenvalue weighted by Crippen LogP contribution is 2.23. The van der Waals surface area contributed by atoms with Crippen LogP contribution < -0.4 is 10.6 Å². The van der Waals surface area contributed by atoms with Crippen molar-refractivity contribution in [3.8, 4) is 0 Å². The van der Waals surface area contributed by atoms with Crippen LogP contribution in [-0.4, -0.2) is 41.4 Å². The molecule has 2 aromatic rings. The lowest BCUT2D eigenvalue weighted by Gasteiger charge is -2.31. The number of nitrogens with one attached hydrogen (secondary N) is 2.